The minimum Gasteiger partial charge on any atom is -0.313 e. The minimum absolute atomic E-state index is 0.537. The molecule has 0 radical (unpaired) electrons. The van der Waals surface area contributed by atoms with E-state index in [-0.39, 0.29) is 0 Å². The summed E-state index contributed by atoms with van der Waals surface area (Å²) < 4.78 is 0. The molecule has 0 bridgehead atoms. The van der Waals surface area contributed by atoms with Gasteiger partial charge in [0, 0.05) is 6.04 Å². The summed E-state index contributed by atoms with van der Waals surface area (Å²) in [5, 5.41) is 3.59. The molecule has 1 aliphatic rings. The molecule has 0 saturated heterocycles. The molecule has 0 spiro atoms. The van der Waals surface area contributed by atoms with Crippen LogP contribution in [0.4, 0.5) is 0 Å². The van der Waals surface area contributed by atoms with Gasteiger partial charge in [-0.3, -0.25) is 0 Å². The second-order valence-electron chi connectivity index (χ2n) is 6.33. The van der Waals surface area contributed by atoms with Crippen molar-refractivity contribution in [3.05, 3.63) is 34.9 Å². The van der Waals surface area contributed by atoms with Crippen molar-refractivity contribution >= 4 is 0 Å². The third kappa shape index (κ3) is 3.39. The van der Waals surface area contributed by atoms with E-state index in [4.69, 9.17) is 0 Å². The van der Waals surface area contributed by atoms with Crippen molar-refractivity contribution < 1.29 is 0 Å². The lowest BCUT2D eigenvalue weighted by Crippen LogP contribution is -2.30. The zero-order chi connectivity index (χ0) is 13.8. The van der Waals surface area contributed by atoms with Gasteiger partial charge in [0.1, 0.15) is 0 Å². The topological polar surface area (TPSA) is 12.0 Å². The first-order valence-electron chi connectivity index (χ1n) is 7.90. The number of benzene rings is 1. The Kier molecular flexibility index (Phi) is 5.04. The number of hydrogen-bond donors (Lipinski definition) is 1. The summed E-state index contributed by atoms with van der Waals surface area (Å²) in [5.74, 6) is 1.76. The van der Waals surface area contributed by atoms with Crippen molar-refractivity contribution in [3.8, 4) is 0 Å². The lowest BCUT2D eigenvalue weighted by atomic mass is 9.74. The maximum Gasteiger partial charge on any atom is 0.0348 e. The first-order valence-corrected chi connectivity index (χ1v) is 7.90. The first kappa shape index (κ1) is 14.6. The molecule has 1 heteroatoms. The molecule has 2 rings (SSSR count). The van der Waals surface area contributed by atoms with Crippen LogP contribution in [-0.2, 0) is 0 Å². The molecular weight excluding hydrogens is 230 g/mol. The van der Waals surface area contributed by atoms with Crippen LogP contribution in [0.25, 0.3) is 0 Å². The molecule has 1 aromatic rings. The van der Waals surface area contributed by atoms with E-state index in [1.54, 1.807) is 0 Å². The summed E-state index contributed by atoms with van der Waals surface area (Å²) in [4.78, 5) is 0. The standard InChI is InChI=1S/C18H29N/c1-5-15-7-6-8-16(12-15)18(19-4)17-10-9-13(2)11-14(17)3/h9-11,15-16,18-19H,5-8,12H2,1-4H3. The molecule has 0 aromatic heterocycles. The molecule has 3 unspecified atom stereocenters. The van der Waals surface area contributed by atoms with E-state index in [0.717, 1.165) is 11.8 Å². The van der Waals surface area contributed by atoms with E-state index in [9.17, 15) is 0 Å². The van der Waals surface area contributed by atoms with Gasteiger partial charge in [-0.2, -0.15) is 0 Å². The van der Waals surface area contributed by atoms with Gasteiger partial charge < -0.3 is 5.32 Å². The normalized spacial score (nSPS) is 25.3. The van der Waals surface area contributed by atoms with Crippen molar-refractivity contribution in [3.63, 3.8) is 0 Å². The van der Waals surface area contributed by atoms with Crippen LogP contribution in [0.15, 0.2) is 18.2 Å². The molecule has 19 heavy (non-hydrogen) atoms. The summed E-state index contributed by atoms with van der Waals surface area (Å²) >= 11 is 0. The lowest BCUT2D eigenvalue weighted by Gasteiger charge is -2.35. The van der Waals surface area contributed by atoms with Crippen LogP contribution in [0.5, 0.6) is 0 Å². The Morgan fingerprint density at radius 3 is 2.68 bits per heavy atom. The fourth-order valence-electron chi connectivity index (χ4n) is 3.83. The smallest absolute Gasteiger partial charge is 0.0348 e. The Morgan fingerprint density at radius 1 is 1.26 bits per heavy atom. The van der Waals surface area contributed by atoms with Crippen LogP contribution in [-0.4, -0.2) is 7.05 Å². The van der Waals surface area contributed by atoms with Crippen molar-refractivity contribution in [1.29, 1.82) is 0 Å². The Morgan fingerprint density at radius 2 is 2.05 bits per heavy atom. The average molecular weight is 259 g/mol. The highest BCUT2D eigenvalue weighted by atomic mass is 14.9. The summed E-state index contributed by atoms with van der Waals surface area (Å²) in [6.07, 6.45) is 6.98. The van der Waals surface area contributed by atoms with E-state index < -0.39 is 0 Å². The van der Waals surface area contributed by atoms with Crippen LogP contribution < -0.4 is 5.32 Å². The Labute approximate surface area is 118 Å². The van der Waals surface area contributed by atoms with Gasteiger partial charge in [-0.15, -0.1) is 0 Å². The maximum absolute atomic E-state index is 3.59. The van der Waals surface area contributed by atoms with Gasteiger partial charge in [0.25, 0.3) is 0 Å². The van der Waals surface area contributed by atoms with Crippen LogP contribution in [0.2, 0.25) is 0 Å². The fourth-order valence-corrected chi connectivity index (χ4v) is 3.83. The van der Waals surface area contributed by atoms with Gasteiger partial charge in [-0.1, -0.05) is 49.9 Å². The minimum atomic E-state index is 0.537. The molecule has 0 amide bonds. The predicted molar refractivity (Wildman–Crippen MR) is 83.5 cm³/mol. The van der Waals surface area contributed by atoms with E-state index in [0.29, 0.717) is 6.04 Å². The molecule has 1 aliphatic carbocycles. The van der Waals surface area contributed by atoms with Crippen LogP contribution >= 0.6 is 0 Å². The maximum atomic E-state index is 3.59. The first-order chi connectivity index (χ1) is 9.15. The van der Waals surface area contributed by atoms with Gasteiger partial charge in [0.2, 0.25) is 0 Å². The highest BCUT2D eigenvalue weighted by molar-refractivity contribution is 5.33. The van der Waals surface area contributed by atoms with E-state index in [1.165, 1.54) is 48.8 Å². The van der Waals surface area contributed by atoms with Gasteiger partial charge in [0.15, 0.2) is 0 Å². The number of hydrogen-bond acceptors (Lipinski definition) is 1. The Hall–Kier alpha value is -0.820. The third-order valence-electron chi connectivity index (χ3n) is 4.94. The van der Waals surface area contributed by atoms with Gasteiger partial charge in [-0.05, 0) is 56.7 Å². The number of aryl methyl sites for hydroxylation is 2. The predicted octanol–water partition coefficient (Wildman–Crippen LogP) is 4.78. The lowest BCUT2D eigenvalue weighted by molar-refractivity contribution is 0.214. The van der Waals surface area contributed by atoms with Crippen molar-refractivity contribution in [1.82, 2.24) is 5.32 Å². The van der Waals surface area contributed by atoms with Gasteiger partial charge >= 0.3 is 0 Å². The van der Waals surface area contributed by atoms with Gasteiger partial charge in [0.05, 0.1) is 0 Å². The van der Waals surface area contributed by atoms with Crippen molar-refractivity contribution in [2.75, 3.05) is 7.05 Å². The summed E-state index contributed by atoms with van der Waals surface area (Å²) in [6, 6.07) is 7.45. The number of rotatable bonds is 4. The molecule has 0 aliphatic heterocycles. The Balaban J connectivity index is 2.19. The molecular formula is C18H29N. The van der Waals surface area contributed by atoms with E-state index in [2.05, 4.69) is 51.3 Å². The van der Waals surface area contributed by atoms with Crippen molar-refractivity contribution in [2.24, 2.45) is 11.8 Å². The second-order valence-corrected chi connectivity index (χ2v) is 6.33. The van der Waals surface area contributed by atoms with Gasteiger partial charge in [-0.25, -0.2) is 0 Å². The monoisotopic (exact) mass is 259 g/mol. The largest absolute Gasteiger partial charge is 0.313 e. The average Bonchev–Trinajstić information content (AvgIpc) is 2.42. The molecule has 1 fully saturated rings. The van der Waals surface area contributed by atoms with Crippen LogP contribution in [0.3, 0.4) is 0 Å². The quantitative estimate of drug-likeness (QED) is 0.820. The second kappa shape index (κ2) is 6.56. The van der Waals surface area contributed by atoms with E-state index >= 15 is 0 Å². The Bertz CT molecular complexity index is 410. The molecule has 1 saturated carbocycles. The van der Waals surface area contributed by atoms with Crippen LogP contribution in [0, 0.1) is 25.7 Å². The summed E-state index contributed by atoms with van der Waals surface area (Å²) in [6.45, 7) is 6.78. The molecule has 106 valence electrons. The molecule has 1 nitrogen and oxygen atoms in total. The fraction of sp³-hybridized carbons (Fsp3) is 0.667. The molecule has 1 N–H and O–H groups in total. The summed E-state index contributed by atoms with van der Waals surface area (Å²) in [5.41, 5.74) is 4.32. The highest BCUT2D eigenvalue weighted by Gasteiger charge is 2.28. The molecule has 1 aromatic carbocycles. The zero-order valence-corrected chi connectivity index (χ0v) is 13.0. The van der Waals surface area contributed by atoms with Crippen LogP contribution in [0.1, 0.15) is 61.8 Å². The highest BCUT2D eigenvalue weighted by Crippen LogP contribution is 2.39. The molecule has 0 heterocycles. The van der Waals surface area contributed by atoms with Crippen molar-refractivity contribution in [2.45, 2.75) is 58.9 Å². The number of nitrogens with one attached hydrogen (secondary N) is 1. The molecule has 3 atom stereocenters. The SMILES string of the molecule is CCC1CCCC(C(NC)c2ccc(C)cc2C)C1. The summed E-state index contributed by atoms with van der Waals surface area (Å²) in [7, 11) is 2.12. The van der Waals surface area contributed by atoms with E-state index in [1.807, 2.05) is 0 Å². The third-order valence-corrected chi connectivity index (χ3v) is 4.94. The zero-order valence-electron chi connectivity index (χ0n) is 13.0.